The van der Waals surface area contributed by atoms with E-state index in [2.05, 4.69) is 5.32 Å². The van der Waals surface area contributed by atoms with Crippen molar-refractivity contribution in [2.75, 3.05) is 5.32 Å². The van der Waals surface area contributed by atoms with Gasteiger partial charge in [-0.05, 0) is 50.6 Å². The maximum atomic E-state index is 12.5. The molecule has 0 aliphatic carbocycles. The Kier molecular flexibility index (Phi) is 3.67. The van der Waals surface area contributed by atoms with Gasteiger partial charge in [0, 0.05) is 21.7 Å². The first-order chi connectivity index (χ1) is 10.5. The van der Waals surface area contributed by atoms with E-state index in [0.29, 0.717) is 16.4 Å². The summed E-state index contributed by atoms with van der Waals surface area (Å²) in [5.74, 6) is 0.0639. The Morgan fingerprint density at radius 2 is 1.86 bits per heavy atom. The fourth-order valence-corrected chi connectivity index (χ4v) is 2.71. The summed E-state index contributed by atoms with van der Waals surface area (Å²) in [6.07, 6.45) is 0. The van der Waals surface area contributed by atoms with Gasteiger partial charge >= 0.3 is 0 Å². The van der Waals surface area contributed by atoms with Crippen LogP contribution < -0.4 is 5.32 Å². The zero-order chi connectivity index (χ0) is 15.9. The van der Waals surface area contributed by atoms with Gasteiger partial charge in [0.1, 0.15) is 5.58 Å². The molecule has 1 amide bonds. The van der Waals surface area contributed by atoms with Crippen LogP contribution in [0.1, 0.15) is 27.2 Å². The van der Waals surface area contributed by atoms with E-state index in [0.717, 1.165) is 27.8 Å². The number of fused-ring (bicyclic) bond motifs is 1. The number of rotatable bonds is 2. The number of carbonyl (C=O) groups is 1. The zero-order valence-electron chi connectivity index (χ0n) is 12.7. The van der Waals surface area contributed by atoms with Gasteiger partial charge in [-0.15, -0.1) is 0 Å². The van der Waals surface area contributed by atoms with Crippen molar-refractivity contribution in [2.24, 2.45) is 0 Å². The number of amides is 1. The zero-order valence-corrected chi connectivity index (χ0v) is 13.4. The Morgan fingerprint density at radius 3 is 2.59 bits per heavy atom. The summed E-state index contributed by atoms with van der Waals surface area (Å²) in [7, 11) is 0. The Balaban J connectivity index is 1.97. The highest BCUT2D eigenvalue weighted by Crippen LogP contribution is 2.28. The molecule has 0 spiro atoms. The first-order valence-corrected chi connectivity index (χ1v) is 7.41. The lowest BCUT2D eigenvalue weighted by Gasteiger charge is -2.08. The van der Waals surface area contributed by atoms with Gasteiger partial charge in [0.25, 0.3) is 5.91 Å². The van der Waals surface area contributed by atoms with Crippen molar-refractivity contribution in [3.8, 4) is 0 Å². The quantitative estimate of drug-likeness (QED) is 0.701. The predicted molar refractivity (Wildman–Crippen MR) is 89.8 cm³/mol. The average molecular weight is 314 g/mol. The highest BCUT2D eigenvalue weighted by molar-refractivity contribution is 6.31. The maximum Gasteiger partial charge on any atom is 0.291 e. The van der Waals surface area contributed by atoms with E-state index >= 15 is 0 Å². The SMILES string of the molecule is Cc1ccc(NC(=O)c2oc3ccc(Cl)cc3c2C)c(C)c1. The fourth-order valence-electron chi connectivity index (χ4n) is 2.54. The number of halogens is 1. The molecule has 0 fully saturated rings. The third-order valence-electron chi connectivity index (χ3n) is 3.73. The lowest BCUT2D eigenvalue weighted by atomic mass is 10.1. The van der Waals surface area contributed by atoms with Gasteiger partial charge in [-0.2, -0.15) is 0 Å². The van der Waals surface area contributed by atoms with Crippen molar-refractivity contribution in [3.63, 3.8) is 0 Å². The van der Waals surface area contributed by atoms with E-state index in [1.807, 2.05) is 45.0 Å². The number of furan rings is 1. The molecule has 4 heteroatoms. The van der Waals surface area contributed by atoms with Crippen LogP contribution in [0.4, 0.5) is 5.69 Å². The molecule has 0 saturated carbocycles. The van der Waals surface area contributed by atoms with E-state index in [1.165, 1.54) is 0 Å². The highest BCUT2D eigenvalue weighted by atomic mass is 35.5. The predicted octanol–water partition coefficient (Wildman–Crippen LogP) is 5.26. The smallest absolute Gasteiger partial charge is 0.291 e. The first kappa shape index (κ1) is 14.7. The Hall–Kier alpha value is -2.26. The van der Waals surface area contributed by atoms with Crippen LogP contribution in [-0.2, 0) is 0 Å². The van der Waals surface area contributed by atoms with Crippen molar-refractivity contribution >= 4 is 34.2 Å². The van der Waals surface area contributed by atoms with Crippen LogP contribution in [0.5, 0.6) is 0 Å². The van der Waals surface area contributed by atoms with Gasteiger partial charge in [-0.1, -0.05) is 29.3 Å². The Bertz CT molecular complexity index is 880. The number of hydrogen-bond acceptors (Lipinski definition) is 2. The lowest BCUT2D eigenvalue weighted by molar-refractivity contribution is 0.0998. The van der Waals surface area contributed by atoms with E-state index in [9.17, 15) is 4.79 Å². The molecule has 1 heterocycles. The molecule has 3 rings (SSSR count). The first-order valence-electron chi connectivity index (χ1n) is 7.03. The maximum absolute atomic E-state index is 12.5. The summed E-state index contributed by atoms with van der Waals surface area (Å²) in [5, 5.41) is 4.39. The molecule has 1 aromatic heterocycles. The monoisotopic (exact) mass is 313 g/mol. The molecule has 3 aromatic rings. The number of nitrogens with one attached hydrogen (secondary N) is 1. The largest absolute Gasteiger partial charge is 0.451 e. The van der Waals surface area contributed by atoms with Crippen molar-refractivity contribution in [2.45, 2.75) is 20.8 Å². The van der Waals surface area contributed by atoms with Gasteiger partial charge in [0.05, 0.1) is 0 Å². The second-order valence-corrected chi connectivity index (χ2v) is 5.91. The van der Waals surface area contributed by atoms with E-state index < -0.39 is 0 Å². The number of anilines is 1. The van der Waals surface area contributed by atoms with Gasteiger partial charge in [0.2, 0.25) is 0 Å². The van der Waals surface area contributed by atoms with E-state index in [1.54, 1.807) is 12.1 Å². The van der Waals surface area contributed by atoms with E-state index in [-0.39, 0.29) is 5.91 Å². The summed E-state index contributed by atoms with van der Waals surface area (Å²) < 4.78 is 5.68. The Morgan fingerprint density at radius 1 is 1.09 bits per heavy atom. The molecule has 0 saturated heterocycles. The summed E-state index contributed by atoms with van der Waals surface area (Å²) in [6.45, 7) is 5.85. The van der Waals surface area contributed by atoms with E-state index in [4.69, 9.17) is 16.0 Å². The molecule has 0 aliphatic rings. The van der Waals surface area contributed by atoms with Gasteiger partial charge in [0.15, 0.2) is 5.76 Å². The number of benzene rings is 2. The molecule has 1 N–H and O–H groups in total. The van der Waals surface area contributed by atoms with Gasteiger partial charge < -0.3 is 9.73 Å². The molecular formula is C18H16ClNO2. The number of hydrogen-bond donors (Lipinski definition) is 1. The lowest BCUT2D eigenvalue weighted by Crippen LogP contribution is -2.13. The second kappa shape index (κ2) is 5.50. The number of aryl methyl sites for hydroxylation is 3. The van der Waals surface area contributed by atoms with Crippen LogP contribution >= 0.6 is 11.6 Å². The minimum atomic E-state index is -0.253. The van der Waals surface area contributed by atoms with Gasteiger partial charge in [-0.3, -0.25) is 4.79 Å². The van der Waals surface area contributed by atoms with Crippen LogP contribution in [0.3, 0.4) is 0 Å². The molecule has 0 radical (unpaired) electrons. The van der Waals surface area contributed by atoms with Crippen LogP contribution in [0, 0.1) is 20.8 Å². The van der Waals surface area contributed by atoms with Crippen molar-refractivity contribution in [3.05, 3.63) is 63.9 Å². The summed E-state index contributed by atoms with van der Waals surface area (Å²) in [4.78, 5) is 12.5. The topological polar surface area (TPSA) is 42.2 Å². The second-order valence-electron chi connectivity index (χ2n) is 5.47. The highest BCUT2D eigenvalue weighted by Gasteiger charge is 2.18. The van der Waals surface area contributed by atoms with Gasteiger partial charge in [-0.25, -0.2) is 0 Å². The molecule has 0 atom stereocenters. The van der Waals surface area contributed by atoms with Crippen LogP contribution in [0.2, 0.25) is 5.02 Å². The molecule has 2 aromatic carbocycles. The molecular weight excluding hydrogens is 298 g/mol. The number of carbonyl (C=O) groups excluding carboxylic acids is 1. The van der Waals surface area contributed by atoms with Crippen LogP contribution in [-0.4, -0.2) is 5.91 Å². The standard InChI is InChI=1S/C18H16ClNO2/c1-10-4-6-15(11(2)8-10)20-18(21)17-12(3)14-9-13(19)5-7-16(14)22-17/h4-9H,1-3H3,(H,20,21). The fraction of sp³-hybridized carbons (Fsp3) is 0.167. The summed E-state index contributed by atoms with van der Waals surface area (Å²) >= 11 is 6.00. The minimum absolute atomic E-state index is 0.253. The molecule has 112 valence electrons. The molecule has 0 bridgehead atoms. The average Bonchev–Trinajstić information content (AvgIpc) is 2.79. The summed E-state index contributed by atoms with van der Waals surface area (Å²) in [6, 6.07) is 11.2. The molecule has 22 heavy (non-hydrogen) atoms. The van der Waals surface area contributed by atoms with Crippen LogP contribution in [0.15, 0.2) is 40.8 Å². The molecule has 0 unspecified atom stereocenters. The normalized spacial score (nSPS) is 10.9. The van der Waals surface area contributed by atoms with Crippen molar-refractivity contribution < 1.29 is 9.21 Å². The van der Waals surface area contributed by atoms with Crippen LogP contribution in [0.25, 0.3) is 11.0 Å². The third kappa shape index (κ3) is 2.60. The minimum Gasteiger partial charge on any atom is -0.451 e. The van der Waals surface area contributed by atoms with Crippen molar-refractivity contribution in [1.82, 2.24) is 0 Å². The molecule has 3 nitrogen and oxygen atoms in total. The molecule has 0 aliphatic heterocycles. The Labute approximate surface area is 133 Å². The third-order valence-corrected chi connectivity index (χ3v) is 3.97. The summed E-state index contributed by atoms with van der Waals surface area (Å²) in [5.41, 5.74) is 4.41. The van der Waals surface area contributed by atoms with Crippen molar-refractivity contribution in [1.29, 1.82) is 0 Å².